The molecule has 0 aliphatic carbocycles. The van der Waals surface area contributed by atoms with E-state index in [-0.39, 0.29) is 17.3 Å². The Balaban J connectivity index is 1.60. The molecule has 0 radical (unpaired) electrons. The first-order valence-corrected chi connectivity index (χ1v) is 9.59. The van der Waals surface area contributed by atoms with E-state index < -0.39 is 0 Å². The lowest BCUT2D eigenvalue weighted by atomic mass is 10.1. The fourth-order valence-corrected chi connectivity index (χ4v) is 4.31. The summed E-state index contributed by atoms with van der Waals surface area (Å²) in [6.07, 6.45) is 3.40. The van der Waals surface area contributed by atoms with E-state index in [1.807, 2.05) is 24.3 Å². The smallest absolute Gasteiger partial charge is 0.291 e. The Morgan fingerprint density at radius 2 is 1.79 bits per heavy atom. The summed E-state index contributed by atoms with van der Waals surface area (Å²) in [5, 5.41) is 4.24. The number of rotatable bonds is 2. The SMILES string of the molecule is CN1C(=O)C(=c2sc3nc(C=Cc4ccc(F)cc4)nn3c2=O)c2ccccc21. The predicted octanol–water partition coefficient (Wildman–Crippen LogP) is 2.35. The highest BCUT2D eigenvalue weighted by Gasteiger charge is 2.31. The number of carbonyl (C=O) groups excluding carboxylic acids is 1. The van der Waals surface area contributed by atoms with Gasteiger partial charge in [-0.1, -0.05) is 47.7 Å². The Morgan fingerprint density at radius 3 is 2.55 bits per heavy atom. The Kier molecular flexibility index (Phi) is 3.88. The van der Waals surface area contributed by atoms with Gasteiger partial charge >= 0.3 is 0 Å². The number of nitrogens with zero attached hydrogens (tertiary/aromatic N) is 4. The zero-order valence-electron chi connectivity index (χ0n) is 15.2. The van der Waals surface area contributed by atoms with Crippen LogP contribution in [0.3, 0.4) is 0 Å². The molecular formula is C21H13FN4O2S. The van der Waals surface area contributed by atoms with Gasteiger partial charge in [-0.3, -0.25) is 9.59 Å². The van der Waals surface area contributed by atoms with E-state index in [0.717, 1.165) is 28.2 Å². The maximum atomic E-state index is 13.0. The van der Waals surface area contributed by atoms with Crippen LogP contribution in [0.15, 0.2) is 53.3 Å². The number of hydrogen-bond acceptors (Lipinski definition) is 5. The molecule has 0 saturated carbocycles. The van der Waals surface area contributed by atoms with Crippen molar-refractivity contribution < 1.29 is 9.18 Å². The van der Waals surface area contributed by atoms with Crippen LogP contribution in [0.2, 0.25) is 0 Å². The van der Waals surface area contributed by atoms with Gasteiger partial charge in [-0.25, -0.2) is 4.39 Å². The topological polar surface area (TPSA) is 67.6 Å². The summed E-state index contributed by atoms with van der Waals surface area (Å²) in [5.41, 5.74) is 2.31. The predicted molar refractivity (Wildman–Crippen MR) is 110 cm³/mol. The molecule has 6 nitrogen and oxygen atoms in total. The molecule has 1 amide bonds. The first kappa shape index (κ1) is 17.4. The number of likely N-dealkylation sites (N-methyl/N-ethyl adjacent to an activating group) is 1. The van der Waals surface area contributed by atoms with Crippen molar-refractivity contribution in [1.29, 1.82) is 0 Å². The zero-order valence-corrected chi connectivity index (χ0v) is 16.0. The largest absolute Gasteiger partial charge is 0.311 e. The van der Waals surface area contributed by atoms with Gasteiger partial charge in [0.05, 0.1) is 11.3 Å². The first-order valence-electron chi connectivity index (χ1n) is 8.78. The van der Waals surface area contributed by atoms with Gasteiger partial charge in [-0.2, -0.15) is 9.50 Å². The molecule has 2 aromatic carbocycles. The molecule has 0 atom stereocenters. The molecule has 1 aliphatic rings. The number of anilines is 1. The molecule has 0 saturated heterocycles. The Morgan fingerprint density at radius 1 is 1.03 bits per heavy atom. The van der Waals surface area contributed by atoms with Crippen molar-refractivity contribution in [3.63, 3.8) is 0 Å². The van der Waals surface area contributed by atoms with E-state index >= 15 is 0 Å². The van der Waals surface area contributed by atoms with Crippen LogP contribution in [0.25, 0.3) is 22.7 Å². The number of amides is 1. The summed E-state index contributed by atoms with van der Waals surface area (Å²) in [6.45, 7) is 0. The second-order valence-electron chi connectivity index (χ2n) is 6.54. The molecule has 2 aromatic heterocycles. The molecule has 0 N–H and O–H groups in total. The number of carbonyl (C=O) groups is 1. The third-order valence-electron chi connectivity index (χ3n) is 4.75. The molecule has 8 heteroatoms. The normalized spacial score (nSPS) is 15.7. The molecule has 1 aliphatic heterocycles. The number of thiazole rings is 1. The van der Waals surface area contributed by atoms with Crippen LogP contribution in [0.5, 0.6) is 0 Å². The minimum atomic E-state index is -0.368. The number of aromatic nitrogens is 3. The quantitative estimate of drug-likeness (QED) is 0.514. The molecule has 0 bridgehead atoms. The van der Waals surface area contributed by atoms with E-state index in [9.17, 15) is 14.0 Å². The third kappa shape index (κ3) is 2.76. The van der Waals surface area contributed by atoms with Crippen LogP contribution < -0.4 is 15.0 Å². The standard InChI is InChI=1S/C21H13FN4O2S/c1-25-15-5-3-2-4-14(15)17(19(25)27)18-20(28)26-21(29-18)23-16(24-26)11-8-12-6-9-13(22)10-7-12/h2-11H,1H3. The summed E-state index contributed by atoms with van der Waals surface area (Å²) in [5.74, 6) is -0.161. The number of hydrogen-bond donors (Lipinski definition) is 0. The Bertz CT molecular complexity index is 1420. The Hall–Kier alpha value is -3.65. The molecule has 4 aromatic rings. The van der Waals surface area contributed by atoms with Gasteiger partial charge in [0.15, 0.2) is 5.82 Å². The zero-order chi connectivity index (χ0) is 20.1. The highest BCUT2D eigenvalue weighted by Crippen LogP contribution is 2.33. The second kappa shape index (κ2) is 6.46. The van der Waals surface area contributed by atoms with E-state index in [1.165, 1.54) is 21.5 Å². The number of fused-ring (bicyclic) bond motifs is 2. The van der Waals surface area contributed by atoms with Gasteiger partial charge in [0, 0.05) is 12.6 Å². The minimum absolute atomic E-state index is 0.218. The first-order chi connectivity index (χ1) is 14.0. The van der Waals surface area contributed by atoms with Crippen LogP contribution in [0.1, 0.15) is 17.0 Å². The van der Waals surface area contributed by atoms with Crippen molar-refractivity contribution in [2.75, 3.05) is 11.9 Å². The summed E-state index contributed by atoms with van der Waals surface area (Å²) in [7, 11) is 1.69. The molecule has 142 valence electrons. The molecule has 0 spiro atoms. The molecule has 0 unspecified atom stereocenters. The van der Waals surface area contributed by atoms with E-state index in [1.54, 1.807) is 31.3 Å². The summed E-state index contributed by atoms with van der Waals surface area (Å²) >= 11 is 1.14. The maximum Gasteiger partial charge on any atom is 0.291 e. The Labute approximate surface area is 167 Å². The second-order valence-corrected chi connectivity index (χ2v) is 7.52. The maximum absolute atomic E-state index is 13.0. The number of halogens is 1. The lowest BCUT2D eigenvalue weighted by Gasteiger charge is -2.07. The van der Waals surface area contributed by atoms with Crippen LogP contribution in [-0.2, 0) is 4.79 Å². The van der Waals surface area contributed by atoms with Gasteiger partial charge < -0.3 is 4.90 Å². The number of para-hydroxylation sites is 1. The monoisotopic (exact) mass is 404 g/mol. The number of benzene rings is 2. The van der Waals surface area contributed by atoms with Gasteiger partial charge in [0.25, 0.3) is 11.5 Å². The van der Waals surface area contributed by atoms with Gasteiger partial charge in [0.2, 0.25) is 4.96 Å². The van der Waals surface area contributed by atoms with Crippen molar-refractivity contribution in [2.45, 2.75) is 0 Å². The van der Waals surface area contributed by atoms with E-state index in [2.05, 4.69) is 10.1 Å². The third-order valence-corrected chi connectivity index (χ3v) is 5.78. The lowest BCUT2D eigenvalue weighted by molar-refractivity contribution is -0.112. The fraction of sp³-hybridized carbons (Fsp3) is 0.0476. The van der Waals surface area contributed by atoms with Crippen molar-refractivity contribution in [1.82, 2.24) is 14.6 Å². The molecule has 29 heavy (non-hydrogen) atoms. The van der Waals surface area contributed by atoms with Crippen LogP contribution in [-0.4, -0.2) is 27.6 Å². The summed E-state index contributed by atoms with van der Waals surface area (Å²) < 4.78 is 14.5. The highest BCUT2D eigenvalue weighted by atomic mass is 32.1. The molecular weight excluding hydrogens is 391 g/mol. The van der Waals surface area contributed by atoms with Crippen molar-refractivity contribution in [3.8, 4) is 0 Å². The van der Waals surface area contributed by atoms with Crippen LogP contribution in [0, 0.1) is 5.82 Å². The van der Waals surface area contributed by atoms with Crippen LogP contribution >= 0.6 is 11.3 Å². The minimum Gasteiger partial charge on any atom is -0.311 e. The van der Waals surface area contributed by atoms with E-state index in [0.29, 0.717) is 20.9 Å². The molecule has 5 rings (SSSR count). The summed E-state index contributed by atoms with van der Waals surface area (Å²) in [6, 6.07) is 13.4. The van der Waals surface area contributed by atoms with Crippen LogP contribution in [0.4, 0.5) is 10.1 Å². The van der Waals surface area contributed by atoms with E-state index in [4.69, 9.17) is 0 Å². The average molecular weight is 404 g/mol. The fourth-order valence-electron chi connectivity index (χ4n) is 3.30. The molecule has 3 heterocycles. The average Bonchev–Trinajstić information content (AvgIpc) is 3.34. The van der Waals surface area contributed by atoms with Gasteiger partial charge in [0.1, 0.15) is 10.3 Å². The van der Waals surface area contributed by atoms with Crippen molar-refractivity contribution in [3.05, 3.63) is 86.2 Å². The lowest BCUT2D eigenvalue weighted by Crippen LogP contribution is -2.30. The molecule has 0 fully saturated rings. The highest BCUT2D eigenvalue weighted by molar-refractivity contribution is 7.15. The summed E-state index contributed by atoms with van der Waals surface area (Å²) in [4.78, 5) is 32.0. The van der Waals surface area contributed by atoms with Gasteiger partial charge in [-0.15, -0.1) is 5.10 Å². The van der Waals surface area contributed by atoms with Crippen molar-refractivity contribution in [2.24, 2.45) is 0 Å². The van der Waals surface area contributed by atoms with Gasteiger partial charge in [-0.05, 0) is 29.8 Å². The van der Waals surface area contributed by atoms with Crippen molar-refractivity contribution >= 4 is 45.6 Å².